The van der Waals surface area contributed by atoms with Gasteiger partial charge in [0, 0.05) is 19.5 Å². The van der Waals surface area contributed by atoms with E-state index in [9.17, 15) is 14.3 Å². The van der Waals surface area contributed by atoms with Gasteiger partial charge >= 0.3 is 0 Å². The van der Waals surface area contributed by atoms with Gasteiger partial charge in [-0.1, -0.05) is 12.1 Å². The molecule has 98 valence electrons. The zero-order valence-corrected chi connectivity index (χ0v) is 10.7. The van der Waals surface area contributed by atoms with Gasteiger partial charge in [0.05, 0.1) is 5.60 Å². The van der Waals surface area contributed by atoms with Gasteiger partial charge in [-0.2, -0.15) is 0 Å². The van der Waals surface area contributed by atoms with Gasteiger partial charge in [-0.3, -0.25) is 4.79 Å². The summed E-state index contributed by atoms with van der Waals surface area (Å²) in [4.78, 5) is 13.0. The molecule has 18 heavy (non-hydrogen) atoms. The van der Waals surface area contributed by atoms with Crippen LogP contribution in [0.1, 0.15) is 12.0 Å². The number of alkyl halides is 1. The van der Waals surface area contributed by atoms with E-state index >= 15 is 0 Å². The predicted molar refractivity (Wildman–Crippen MR) is 67.0 cm³/mol. The van der Waals surface area contributed by atoms with Crippen LogP contribution in [0.15, 0.2) is 24.3 Å². The SMILES string of the molecule is O=C(CCl)N1CCC(O)(Cc2ccc(F)cc2)C1. The maximum absolute atomic E-state index is 12.8. The Morgan fingerprint density at radius 3 is 2.72 bits per heavy atom. The Hall–Kier alpha value is -1.13. The molecule has 0 aromatic heterocycles. The van der Waals surface area contributed by atoms with E-state index < -0.39 is 5.60 Å². The van der Waals surface area contributed by atoms with Crippen LogP contribution < -0.4 is 0 Å². The second-order valence-electron chi connectivity index (χ2n) is 4.73. The molecular weight excluding hydrogens is 257 g/mol. The van der Waals surface area contributed by atoms with E-state index in [0.717, 1.165) is 5.56 Å². The van der Waals surface area contributed by atoms with Crippen molar-refractivity contribution in [2.45, 2.75) is 18.4 Å². The summed E-state index contributed by atoms with van der Waals surface area (Å²) in [6, 6.07) is 6.04. The highest BCUT2D eigenvalue weighted by Crippen LogP contribution is 2.25. The maximum atomic E-state index is 12.8. The minimum Gasteiger partial charge on any atom is -0.388 e. The molecule has 3 nitrogen and oxygen atoms in total. The van der Waals surface area contributed by atoms with Crippen LogP contribution >= 0.6 is 11.6 Å². The number of hydrogen-bond acceptors (Lipinski definition) is 2. The summed E-state index contributed by atoms with van der Waals surface area (Å²) in [6.45, 7) is 0.805. The number of likely N-dealkylation sites (tertiary alicyclic amines) is 1. The van der Waals surface area contributed by atoms with Crippen molar-refractivity contribution in [2.75, 3.05) is 19.0 Å². The lowest BCUT2D eigenvalue weighted by molar-refractivity contribution is -0.128. The molecule has 2 rings (SSSR count). The summed E-state index contributed by atoms with van der Waals surface area (Å²) in [7, 11) is 0. The summed E-state index contributed by atoms with van der Waals surface area (Å²) in [5.41, 5.74) is -0.0708. The quantitative estimate of drug-likeness (QED) is 0.848. The van der Waals surface area contributed by atoms with Crippen LogP contribution in [-0.2, 0) is 11.2 Å². The Bertz CT molecular complexity index is 437. The number of aliphatic hydroxyl groups is 1. The number of nitrogens with zero attached hydrogens (tertiary/aromatic N) is 1. The molecule has 1 fully saturated rings. The topological polar surface area (TPSA) is 40.5 Å². The number of carbonyl (C=O) groups excluding carboxylic acids is 1. The Balaban J connectivity index is 2.01. The van der Waals surface area contributed by atoms with Crippen LogP contribution in [0.25, 0.3) is 0 Å². The average Bonchev–Trinajstić information content (AvgIpc) is 2.74. The summed E-state index contributed by atoms with van der Waals surface area (Å²) >= 11 is 5.49. The van der Waals surface area contributed by atoms with Gasteiger partial charge in [0.1, 0.15) is 11.7 Å². The first-order valence-electron chi connectivity index (χ1n) is 5.83. The fraction of sp³-hybridized carbons (Fsp3) is 0.462. The first-order chi connectivity index (χ1) is 8.52. The Morgan fingerprint density at radius 2 is 2.11 bits per heavy atom. The zero-order valence-electron chi connectivity index (χ0n) is 9.90. The average molecular weight is 272 g/mol. The van der Waals surface area contributed by atoms with Crippen molar-refractivity contribution in [1.29, 1.82) is 0 Å². The molecule has 1 amide bonds. The molecule has 0 aliphatic carbocycles. The van der Waals surface area contributed by atoms with Gasteiger partial charge in [0.2, 0.25) is 5.91 Å². The van der Waals surface area contributed by atoms with Crippen molar-refractivity contribution in [3.63, 3.8) is 0 Å². The zero-order chi connectivity index (χ0) is 13.2. The third-order valence-corrected chi connectivity index (χ3v) is 3.47. The van der Waals surface area contributed by atoms with E-state index in [1.54, 1.807) is 17.0 Å². The number of benzene rings is 1. The fourth-order valence-electron chi connectivity index (χ4n) is 2.28. The first kappa shape index (κ1) is 13.3. The molecule has 1 aliphatic heterocycles. The predicted octanol–water partition coefficient (Wildman–Crippen LogP) is 1.57. The van der Waals surface area contributed by atoms with Gasteiger partial charge in [-0.15, -0.1) is 11.6 Å². The second-order valence-corrected chi connectivity index (χ2v) is 4.99. The van der Waals surface area contributed by atoms with Crippen molar-refractivity contribution in [3.05, 3.63) is 35.6 Å². The second kappa shape index (κ2) is 5.24. The van der Waals surface area contributed by atoms with Crippen molar-refractivity contribution in [3.8, 4) is 0 Å². The highest BCUT2D eigenvalue weighted by atomic mass is 35.5. The number of β-amino-alcohol motifs (C(OH)–C–C–N with tert-alkyl or cyclic N) is 1. The van der Waals surface area contributed by atoms with Gasteiger partial charge < -0.3 is 10.0 Å². The molecule has 1 aliphatic rings. The van der Waals surface area contributed by atoms with E-state index in [1.165, 1.54) is 12.1 Å². The third kappa shape index (κ3) is 3.00. The lowest BCUT2D eigenvalue weighted by Crippen LogP contribution is -2.38. The molecule has 0 bridgehead atoms. The molecule has 5 heteroatoms. The maximum Gasteiger partial charge on any atom is 0.237 e. The third-order valence-electron chi connectivity index (χ3n) is 3.25. The standard InChI is InChI=1S/C13H15ClFNO2/c14-8-12(17)16-6-5-13(18,9-16)7-10-1-3-11(15)4-2-10/h1-4,18H,5-9H2. The molecular formula is C13H15ClFNO2. The molecule has 1 unspecified atom stereocenters. The molecule has 1 atom stereocenters. The van der Waals surface area contributed by atoms with Crippen LogP contribution in [0.3, 0.4) is 0 Å². The van der Waals surface area contributed by atoms with Gasteiger partial charge in [-0.05, 0) is 24.1 Å². The Kier molecular flexibility index (Phi) is 3.88. The van der Waals surface area contributed by atoms with Crippen LogP contribution in [0.4, 0.5) is 4.39 Å². The molecule has 0 spiro atoms. The number of rotatable bonds is 3. The minimum atomic E-state index is -0.931. The molecule has 1 aromatic carbocycles. The number of amides is 1. The molecule has 1 saturated heterocycles. The molecule has 1 N–H and O–H groups in total. The molecule has 0 radical (unpaired) electrons. The van der Waals surface area contributed by atoms with Crippen molar-refractivity contribution in [1.82, 2.24) is 4.90 Å². The monoisotopic (exact) mass is 271 g/mol. The largest absolute Gasteiger partial charge is 0.388 e. The van der Waals surface area contributed by atoms with Crippen LogP contribution in [0.2, 0.25) is 0 Å². The highest BCUT2D eigenvalue weighted by molar-refractivity contribution is 6.27. The van der Waals surface area contributed by atoms with Crippen LogP contribution in [0.5, 0.6) is 0 Å². The van der Waals surface area contributed by atoms with E-state index in [2.05, 4.69) is 0 Å². The van der Waals surface area contributed by atoms with Gasteiger partial charge in [0.15, 0.2) is 0 Å². The van der Waals surface area contributed by atoms with E-state index in [1.807, 2.05) is 0 Å². The van der Waals surface area contributed by atoms with Gasteiger partial charge in [-0.25, -0.2) is 4.39 Å². The number of carbonyl (C=O) groups is 1. The van der Waals surface area contributed by atoms with Crippen LogP contribution in [-0.4, -0.2) is 40.5 Å². The van der Waals surface area contributed by atoms with Crippen molar-refractivity contribution >= 4 is 17.5 Å². The molecule has 1 heterocycles. The van der Waals surface area contributed by atoms with Crippen LogP contribution in [0, 0.1) is 5.82 Å². The summed E-state index contributed by atoms with van der Waals surface area (Å²) in [5.74, 6) is -0.519. The van der Waals surface area contributed by atoms with E-state index in [4.69, 9.17) is 11.6 Å². The van der Waals surface area contributed by atoms with Crippen molar-refractivity contribution < 1.29 is 14.3 Å². The van der Waals surface area contributed by atoms with E-state index in [-0.39, 0.29) is 24.1 Å². The minimum absolute atomic E-state index is 0.0629. The molecule has 0 saturated carbocycles. The lowest BCUT2D eigenvalue weighted by atomic mass is 9.94. The summed E-state index contributed by atoms with van der Waals surface area (Å²) < 4.78 is 12.8. The highest BCUT2D eigenvalue weighted by Gasteiger charge is 2.37. The fourth-order valence-corrected chi connectivity index (χ4v) is 2.45. The Morgan fingerprint density at radius 1 is 1.44 bits per heavy atom. The lowest BCUT2D eigenvalue weighted by Gasteiger charge is -2.23. The van der Waals surface area contributed by atoms with Gasteiger partial charge in [0.25, 0.3) is 0 Å². The van der Waals surface area contributed by atoms with Crippen molar-refractivity contribution in [2.24, 2.45) is 0 Å². The molecule has 1 aromatic rings. The first-order valence-corrected chi connectivity index (χ1v) is 6.36. The normalized spacial score (nSPS) is 23.4. The summed E-state index contributed by atoms with van der Waals surface area (Å²) in [5, 5.41) is 10.4. The Labute approximate surface area is 110 Å². The summed E-state index contributed by atoms with van der Waals surface area (Å²) in [6.07, 6.45) is 0.937. The van der Waals surface area contributed by atoms with E-state index in [0.29, 0.717) is 19.4 Å². The smallest absolute Gasteiger partial charge is 0.237 e. The number of halogens is 2. The number of hydrogen-bond donors (Lipinski definition) is 1.